The number of carbonyl (C=O) groups excluding carboxylic acids is 1. The van der Waals surface area contributed by atoms with E-state index in [1.165, 1.54) is 0 Å². The fourth-order valence-corrected chi connectivity index (χ4v) is 2.22. The van der Waals surface area contributed by atoms with Gasteiger partial charge in [0.1, 0.15) is 5.60 Å². The van der Waals surface area contributed by atoms with Crippen molar-refractivity contribution in [3.8, 4) is 0 Å². The Kier molecular flexibility index (Phi) is 6.12. The summed E-state index contributed by atoms with van der Waals surface area (Å²) in [6.45, 7) is 8.37. The Bertz CT molecular complexity index is 369. The maximum absolute atomic E-state index is 12.1. The zero-order valence-corrected chi connectivity index (χ0v) is 13.8. The van der Waals surface area contributed by atoms with Crippen molar-refractivity contribution in [3.05, 3.63) is 0 Å². The predicted octanol–water partition coefficient (Wildman–Crippen LogP) is 4.14. The van der Waals surface area contributed by atoms with Crippen LogP contribution in [0.15, 0.2) is 0 Å². The summed E-state index contributed by atoms with van der Waals surface area (Å²) >= 11 is 0. The van der Waals surface area contributed by atoms with Gasteiger partial charge in [-0.05, 0) is 47.0 Å². The lowest BCUT2D eigenvalue weighted by Crippen LogP contribution is -2.48. The first-order valence-electron chi connectivity index (χ1n) is 7.59. The van der Waals surface area contributed by atoms with Gasteiger partial charge in [0, 0.05) is 26.1 Å². The van der Waals surface area contributed by atoms with Crippen molar-refractivity contribution in [1.29, 1.82) is 0 Å². The number of ether oxygens (including phenoxy) is 2. The molecule has 1 saturated heterocycles. The molecule has 0 atom stereocenters. The summed E-state index contributed by atoms with van der Waals surface area (Å²) in [6.07, 6.45) is -4.16. The summed E-state index contributed by atoms with van der Waals surface area (Å²) in [5.41, 5.74) is -1.00. The van der Waals surface area contributed by atoms with Crippen LogP contribution in [0.2, 0.25) is 0 Å². The summed E-state index contributed by atoms with van der Waals surface area (Å²) in [5.74, 6) is 0. The molecule has 1 aliphatic rings. The van der Waals surface area contributed by atoms with Crippen LogP contribution in [0.5, 0.6) is 0 Å². The number of halogens is 3. The molecule has 0 spiro atoms. The first-order chi connectivity index (χ1) is 9.90. The van der Waals surface area contributed by atoms with Gasteiger partial charge in [-0.1, -0.05) is 0 Å². The fraction of sp³-hybridized carbons (Fsp3) is 0.933. The highest BCUT2D eigenvalue weighted by Gasteiger charge is 2.34. The monoisotopic (exact) mass is 325 g/mol. The first-order valence-corrected chi connectivity index (χ1v) is 7.59. The molecule has 4 nitrogen and oxygen atoms in total. The lowest BCUT2D eigenvalue weighted by atomic mass is 9.93. The SMILES string of the molecule is CC(C)(C)OC(=O)N1CCC(C)(OCCCC(F)(F)F)CC1. The number of rotatable bonds is 4. The van der Waals surface area contributed by atoms with E-state index in [4.69, 9.17) is 9.47 Å². The number of hydrogen-bond donors (Lipinski definition) is 0. The molecule has 1 amide bonds. The molecule has 1 aliphatic heterocycles. The summed E-state index contributed by atoms with van der Waals surface area (Å²) in [5, 5.41) is 0. The van der Waals surface area contributed by atoms with Gasteiger partial charge in [-0.25, -0.2) is 4.79 Å². The van der Waals surface area contributed by atoms with E-state index >= 15 is 0 Å². The molecule has 0 unspecified atom stereocenters. The fourth-order valence-electron chi connectivity index (χ4n) is 2.22. The average molecular weight is 325 g/mol. The smallest absolute Gasteiger partial charge is 0.410 e. The number of alkyl halides is 3. The molecule has 0 aliphatic carbocycles. The Morgan fingerprint density at radius 1 is 1.18 bits per heavy atom. The molecule has 22 heavy (non-hydrogen) atoms. The second-order valence-electron chi connectivity index (χ2n) is 6.98. The van der Waals surface area contributed by atoms with E-state index in [1.54, 1.807) is 4.90 Å². The highest BCUT2D eigenvalue weighted by molar-refractivity contribution is 5.68. The van der Waals surface area contributed by atoms with E-state index in [-0.39, 0.29) is 19.1 Å². The molecular weight excluding hydrogens is 299 g/mol. The highest BCUT2D eigenvalue weighted by atomic mass is 19.4. The standard InChI is InChI=1S/C15H26F3NO3/c1-13(2,3)22-12(20)19-9-7-14(4,8-10-19)21-11-5-6-15(16,17)18/h5-11H2,1-4H3. The van der Waals surface area contributed by atoms with Gasteiger partial charge in [-0.3, -0.25) is 0 Å². The topological polar surface area (TPSA) is 38.8 Å². The Morgan fingerprint density at radius 2 is 1.73 bits per heavy atom. The largest absolute Gasteiger partial charge is 0.444 e. The van der Waals surface area contributed by atoms with E-state index in [0.717, 1.165) is 0 Å². The van der Waals surface area contributed by atoms with Gasteiger partial charge in [0.15, 0.2) is 0 Å². The lowest BCUT2D eigenvalue weighted by molar-refractivity contribution is -0.143. The van der Waals surface area contributed by atoms with Gasteiger partial charge in [-0.15, -0.1) is 0 Å². The van der Waals surface area contributed by atoms with Crippen LogP contribution in [0.4, 0.5) is 18.0 Å². The van der Waals surface area contributed by atoms with Crippen molar-refractivity contribution < 1.29 is 27.4 Å². The van der Waals surface area contributed by atoms with E-state index in [2.05, 4.69) is 0 Å². The number of piperidine rings is 1. The van der Waals surface area contributed by atoms with Gasteiger partial charge in [0.25, 0.3) is 0 Å². The summed E-state index contributed by atoms with van der Waals surface area (Å²) in [7, 11) is 0. The van der Waals surface area contributed by atoms with E-state index in [0.29, 0.717) is 25.9 Å². The van der Waals surface area contributed by atoms with E-state index in [1.807, 2.05) is 27.7 Å². The average Bonchev–Trinajstić information content (AvgIpc) is 2.32. The predicted molar refractivity (Wildman–Crippen MR) is 76.7 cm³/mol. The number of nitrogens with zero attached hydrogens (tertiary/aromatic N) is 1. The lowest BCUT2D eigenvalue weighted by Gasteiger charge is -2.39. The van der Waals surface area contributed by atoms with Gasteiger partial charge in [0.2, 0.25) is 0 Å². The van der Waals surface area contributed by atoms with E-state index < -0.39 is 23.8 Å². The molecule has 0 aromatic heterocycles. The van der Waals surface area contributed by atoms with Crippen molar-refractivity contribution in [2.75, 3.05) is 19.7 Å². The third-order valence-electron chi connectivity index (χ3n) is 3.53. The molecule has 1 fully saturated rings. The number of carbonyl (C=O) groups is 1. The zero-order chi connectivity index (χ0) is 17.0. The van der Waals surface area contributed by atoms with E-state index in [9.17, 15) is 18.0 Å². The van der Waals surface area contributed by atoms with Crippen molar-refractivity contribution in [2.24, 2.45) is 0 Å². The quantitative estimate of drug-likeness (QED) is 0.729. The molecular formula is C15H26F3NO3. The molecule has 0 bridgehead atoms. The van der Waals surface area contributed by atoms with Gasteiger partial charge in [-0.2, -0.15) is 13.2 Å². The van der Waals surface area contributed by atoms with Crippen LogP contribution >= 0.6 is 0 Å². The maximum Gasteiger partial charge on any atom is 0.410 e. The van der Waals surface area contributed by atoms with Crippen LogP contribution in [0.1, 0.15) is 53.4 Å². The molecule has 0 N–H and O–H groups in total. The second-order valence-corrected chi connectivity index (χ2v) is 6.98. The Labute approximate surface area is 129 Å². The van der Waals surface area contributed by atoms with Gasteiger partial charge in [0.05, 0.1) is 5.60 Å². The van der Waals surface area contributed by atoms with Crippen LogP contribution in [0, 0.1) is 0 Å². The number of likely N-dealkylation sites (tertiary alicyclic amines) is 1. The minimum atomic E-state index is -4.13. The number of amides is 1. The molecule has 130 valence electrons. The molecule has 0 aromatic carbocycles. The first kappa shape index (κ1) is 19.1. The summed E-state index contributed by atoms with van der Waals surface area (Å²) < 4.78 is 47.2. The highest BCUT2D eigenvalue weighted by Crippen LogP contribution is 2.28. The Morgan fingerprint density at radius 3 is 2.18 bits per heavy atom. The van der Waals surface area contributed by atoms with Crippen LogP contribution in [-0.4, -0.2) is 48.1 Å². The van der Waals surface area contributed by atoms with Crippen LogP contribution < -0.4 is 0 Å². The van der Waals surface area contributed by atoms with Gasteiger partial charge < -0.3 is 14.4 Å². The molecule has 1 rings (SSSR count). The van der Waals surface area contributed by atoms with Crippen molar-refractivity contribution in [3.63, 3.8) is 0 Å². The van der Waals surface area contributed by atoms with Crippen molar-refractivity contribution >= 4 is 6.09 Å². The second kappa shape index (κ2) is 7.06. The van der Waals surface area contributed by atoms with Crippen molar-refractivity contribution in [2.45, 2.75) is 70.8 Å². The van der Waals surface area contributed by atoms with Crippen LogP contribution in [-0.2, 0) is 9.47 Å². The third kappa shape index (κ3) is 7.33. The minimum Gasteiger partial charge on any atom is -0.444 e. The van der Waals surface area contributed by atoms with Gasteiger partial charge >= 0.3 is 12.3 Å². The summed E-state index contributed by atoms with van der Waals surface area (Å²) in [4.78, 5) is 13.6. The molecule has 1 heterocycles. The molecule has 0 saturated carbocycles. The number of hydrogen-bond acceptors (Lipinski definition) is 3. The molecule has 7 heteroatoms. The third-order valence-corrected chi connectivity index (χ3v) is 3.53. The van der Waals surface area contributed by atoms with Crippen LogP contribution in [0.3, 0.4) is 0 Å². The van der Waals surface area contributed by atoms with Crippen LogP contribution in [0.25, 0.3) is 0 Å². The maximum atomic E-state index is 12.1. The zero-order valence-electron chi connectivity index (χ0n) is 13.8. The Hall–Kier alpha value is -0.980. The Balaban J connectivity index is 2.32. The normalized spacial score (nSPS) is 19.1. The molecule has 0 radical (unpaired) electrons. The summed E-state index contributed by atoms with van der Waals surface area (Å²) in [6, 6.07) is 0. The molecule has 0 aromatic rings. The van der Waals surface area contributed by atoms with Crippen molar-refractivity contribution in [1.82, 2.24) is 4.90 Å². The minimum absolute atomic E-state index is 0.0329.